The number of hydrogen-bond donors (Lipinski definition) is 1. The maximum atomic E-state index is 13.4. The maximum absolute atomic E-state index is 13.4. The van der Waals surface area contributed by atoms with E-state index in [1.54, 1.807) is 23.5 Å². The van der Waals surface area contributed by atoms with Crippen molar-refractivity contribution in [1.29, 1.82) is 0 Å². The number of thiazole rings is 1. The molecule has 3 rings (SSSR count). The van der Waals surface area contributed by atoms with Crippen molar-refractivity contribution in [3.05, 3.63) is 50.2 Å². The number of aryl methyl sites for hydroxylation is 2. The molecule has 0 radical (unpaired) electrons. The van der Waals surface area contributed by atoms with E-state index in [0.717, 1.165) is 22.7 Å². The monoisotopic (exact) mass is 324 g/mol. The fourth-order valence-electron chi connectivity index (χ4n) is 2.39. The summed E-state index contributed by atoms with van der Waals surface area (Å²) in [5.41, 5.74) is 2.12. The molecule has 2 nitrogen and oxygen atoms in total. The number of hydrogen-bond acceptors (Lipinski definition) is 3. The molecule has 0 bridgehead atoms. The average Bonchev–Trinajstić information content (AvgIpc) is 3.21. The molecule has 1 atom stereocenters. The first-order valence-electron chi connectivity index (χ1n) is 7.25. The minimum Gasteiger partial charge on any atom is -0.301 e. The molecule has 1 heterocycles. The lowest BCUT2D eigenvalue weighted by molar-refractivity contribution is 0.591. The fraction of sp³-hybridized carbons (Fsp3) is 0.438. The second-order valence-electron chi connectivity index (χ2n) is 5.46. The van der Waals surface area contributed by atoms with E-state index in [2.05, 4.69) is 19.2 Å². The Morgan fingerprint density at radius 3 is 2.81 bits per heavy atom. The van der Waals surface area contributed by atoms with Gasteiger partial charge < -0.3 is 5.32 Å². The van der Waals surface area contributed by atoms with Crippen molar-refractivity contribution >= 4 is 22.9 Å². The van der Waals surface area contributed by atoms with Gasteiger partial charge in [-0.1, -0.05) is 24.6 Å². The SMILES string of the molecule is CCc1nc(C(NC2CC2)c2ccc(F)c(Cl)c2)sc1C. The topological polar surface area (TPSA) is 24.9 Å². The Morgan fingerprint density at radius 2 is 2.24 bits per heavy atom. The highest BCUT2D eigenvalue weighted by atomic mass is 35.5. The highest BCUT2D eigenvalue weighted by Gasteiger charge is 2.28. The van der Waals surface area contributed by atoms with Crippen LogP contribution in [0.2, 0.25) is 5.02 Å². The Kier molecular flexibility index (Phi) is 4.29. The third-order valence-electron chi connectivity index (χ3n) is 3.75. The molecule has 1 unspecified atom stereocenters. The van der Waals surface area contributed by atoms with Crippen LogP contribution in [0.1, 0.15) is 46.9 Å². The molecule has 1 aromatic carbocycles. The predicted octanol–water partition coefficient (Wildman–Crippen LogP) is 4.65. The molecule has 1 aromatic heterocycles. The first kappa shape index (κ1) is 14.9. The average molecular weight is 325 g/mol. The van der Waals surface area contributed by atoms with Crippen LogP contribution in [-0.4, -0.2) is 11.0 Å². The van der Waals surface area contributed by atoms with E-state index in [1.807, 2.05) is 0 Å². The largest absolute Gasteiger partial charge is 0.301 e. The fourth-order valence-corrected chi connectivity index (χ4v) is 3.68. The third kappa shape index (κ3) is 3.28. The summed E-state index contributed by atoms with van der Waals surface area (Å²) in [6.07, 6.45) is 3.31. The van der Waals surface area contributed by atoms with Gasteiger partial charge in [0.05, 0.1) is 16.8 Å². The Hall–Kier alpha value is -0.970. The van der Waals surface area contributed by atoms with Crippen molar-refractivity contribution in [1.82, 2.24) is 10.3 Å². The highest BCUT2D eigenvalue weighted by molar-refractivity contribution is 7.11. The molecule has 0 amide bonds. The van der Waals surface area contributed by atoms with Crippen LogP contribution in [0.5, 0.6) is 0 Å². The lowest BCUT2D eigenvalue weighted by atomic mass is 10.1. The normalized spacial score (nSPS) is 16.2. The van der Waals surface area contributed by atoms with Gasteiger partial charge in [-0.25, -0.2) is 9.37 Å². The van der Waals surface area contributed by atoms with Gasteiger partial charge in [0.1, 0.15) is 10.8 Å². The Balaban J connectivity index is 1.97. The standard InChI is InChI=1S/C16H18ClFN2S/c1-3-14-9(2)21-16(20-14)15(19-11-5-6-11)10-4-7-13(18)12(17)8-10/h4,7-8,11,15,19H,3,5-6H2,1-2H3. The number of benzene rings is 1. The molecule has 0 saturated heterocycles. The molecule has 0 aliphatic heterocycles. The van der Waals surface area contributed by atoms with Crippen molar-refractivity contribution in [2.45, 2.75) is 45.2 Å². The number of halogens is 2. The lowest BCUT2D eigenvalue weighted by Gasteiger charge is -2.17. The molecular weight excluding hydrogens is 307 g/mol. The highest BCUT2D eigenvalue weighted by Crippen LogP contribution is 2.33. The first-order chi connectivity index (χ1) is 10.1. The van der Waals surface area contributed by atoms with E-state index in [0.29, 0.717) is 6.04 Å². The maximum Gasteiger partial charge on any atom is 0.141 e. The van der Waals surface area contributed by atoms with E-state index < -0.39 is 0 Å². The molecule has 0 spiro atoms. The summed E-state index contributed by atoms with van der Waals surface area (Å²) >= 11 is 7.65. The molecule has 1 N–H and O–H groups in total. The van der Waals surface area contributed by atoms with E-state index in [9.17, 15) is 4.39 Å². The number of nitrogens with zero attached hydrogens (tertiary/aromatic N) is 1. The van der Waals surface area contributed by atoms with Gasteiger partial charge >= 0.3 is 0 Å². The van der Waals surface area contributed by atoms with Crippen LogP contribution >= 0.6 is 22.9 Å². The Bertz CT molecular complexity index is 652. The Morgan fingerprint density at radius 1 is 1.48 bits per heavy atom. The first-order valence-corrected chi connectivity index (χ1v) is 8.45. The minimum atomic E-state index is -0.379. The van der Waals surface area contributed by atoms with Gasteiger partial charge in [-0.3, -0.25) is 0 Å². The van der Waals surface area contributed by atoms with Gasteiger partial charge in [-0.15, -0.1) is 11.3 Å². The van der Waals surface area contributed by atoms with Gasteiger partial charge in [0.2, 0.25) is 0 Å². The summed E-state index contributed by atoms with van der Waals surface area (Å²) < 4.78 is 13.4. The van der Waals surface area contributed by atoms with Crippen molar-refractivity contribution < 1.29 is 4.39 Å². The van der Waals surface area contributed by atoms with E-state index in [1.165, 1.54) is 23.8 Å². The second kappa shape index (κ2) is 6.03. The quantitative estimate of drug-likeness (QED) is 0.866. The van der Waals surface area contributed by atoms with Gasteiger partial charge in [0, 0.05) is 10.9 Å². The van der Waals surface area contributed by atoms with E-state index >= 15 is 0 Å². The van der Waals surface area contributed by atoms with Crippen LogP contribution in [0.25, 0.3) is 0 Å². The van der Waals surface area contributed by atoms with Gasteiger partial charge in [-0.2, -0.15) is 0 Å². The van der Waals surface area contributed by atoms with E-state index in [-0.39, 0.29) is 16.9 Å². The molecule has 112 valence electrons. The zero-order valence-electron chi connectivity index (χ0n) is 12.1. The van der Waals surface area contributed by atoms with Crippen molar-refractivity contribution in [3.8, 4) is 0 Å². The summed E-state index contributed by atoms with van der Waals surface area (Å²) in [5.74, 6) is -0.379. The van der Waals surface area contributed by atoms with Crippen LogP contribution in [0.15, 0.2) is 18.2 Å². The van der Waals surface area contributed by atoms with Crippen LogP contribution in [0, 0.1) is 12.7 Å². The second-order valence-corrected chi connectivity index (χ2v) is 7.10. The summed E-state index contributed by atoms with van der Waals surface area (Å²) in [6.45, 7) is 4.22. The number of aromatic nitrogens is 1. The van der Waals surface area contributed by atoms with Crippen molar-refractivity contribution in [2.75, 3.05) is 0 Å². The zero-order valence-corrected chi connectivity index (χ0v) is 13.7. The lowest BCUT2D eigenvalue weighted by Crippen LogP contribution is -2.24. The van der Waals surface area contributed by atoms with Gasteiger partial charge in [0.15, 0.2) is 0 Å². The molecule has 1 aliphatic rings. The summed E-state index contributed by atoms with van der Waals surface area (Å²) in [5, 5.41) is 4.81. The summed E-state index contributed by atoms with van der Waals surface area (Å²) in [4.78, 5) is 6.01. The molecule has 1 aliphatic carbocycles. The number of nitrogens with one attached hydrogen (secondary N) is 1. The van der Waals surface area contributed by atoms with Crippen molar-refractivity contribution in [2.24, 2.45) is 0 Å². The van der Waals surface area contributed by atoms with Crippen LogP contribution in [0.4, 0.5) is 4.39 Å². The summed E-state index contributed by atoms with van der Waals surface area (Å²) in [6, 6.07) is 5.47. The molecule has 1 saturated carbocycles. The van der Waals surface area contributed by atoms with Gasteiger partial charge in [-0.05, 0) is 43.9 Å². The smallest absolute Gasteiger partial charge is 0.141 e. The molecule has 1 fully saturated rings. The third-order valence-corrected chi connectivity index (χ3v) is 5.12. The van der Waals surface area contributed by atoms with Crippen LogP contribution in [-0.2, 0) is 6.42 Å². The minimum absolute atomic E-state index is 0.000370. The summed E-state index contributed by atoms with van der Waals surface area (Å²) in [7, 11) is 0. The zero-order chi connectivity index (χ0) is 15.0. The number of rotatable bonds is 5. The molecule has 5 heteroatoms. The van der Waals surface area contributed by atoms with E-state index in [4.69, 9.17) is 16.6 Å². The van der Waals surface area contributed by atoms with Crippen molar-refractivity contribution in [3.63, 3.8) is 0 Å². The predicted molar refractivity (Wildman–Crippen MR) is 85.6 cm³/mol. The van der Waals surface area contributed by atoms with Gasteiger partial charge in [0.25, 0.3) is 0 Å². The molecule has 21 heavy (non-hydrogen) atoms. The molecular formula is C16H18ClFN2S. The van der Waals surface area contributed by atoms with Crippen LogP contribution in [0.3, 0.4) is 0 Å². The Labute approximate surface area is 133 Å². The molecule has 2 aromatic rings. The van der Waals surface area contributed by atoms with Crippen LogP contribution < -0.4 is 5.32 Å².